The van der Waals surface area contributed by atoms with E-state index in [1.807, 2.05) is 0 Å². The third-order valence-electron chi connectivity index (χ3n) is 2.44. The van der Waals surface area contributed by atoms with Crippen LogP contribution in [0.15, 0.2) is 0 Å². The molecular formula is C12H25. The van der Waals surface area contributed by atoms with Crippen LogP contribution >= 0.6 is 0 Å². The van der Waals surface area contributed by atoms with Crippen LogP contribution in [0.2, 0.25) is 0 Å². The topological polar surface area (TPSA) is 0 Å². The van der Waals surface area contributed by atoms with Crippen molar-refractivity contribution >= 4 is 0 Å². The van der Waals surface area contributed by atoms with E-state index >= 15 is 0 Å². The van der Waals surface area contributed by atoms with Crippen molar-refractivity contribution in [2.45, 2.75) is 65.7 Å². The first-order chi connectivity index (χ1) is 5.81. The van der Waals surface area contributed by atoms with Gasteiger partial charge in [-0.1, -0.05) is 65.7 Å². The minimum Gasteiger partial charge on any atom is -0.0654 e. The second kappa shape index (κ2) is 9.09. The van der Waals surface area contributed by atoms with E-state index in [0.717, 1.165) is 5.92 Å². The highest BCUT2D eigenvalue weighted by Crippen LogP contribution is 2.15. The molecule has 0 aromatic heterocycles. The van der Waals surface area contributed by atoms with Crippen LogP contribution in [0.4, 0.5) is 0 Å². The molecule has 0 amide bonds. The average molecular weight is 169 g/mol. The van der Waals surface area contributed by atoms with Crippen molar-refractivity contribution in [2.75, 3.05) is 0 Å². The summed E-state index contributed by atoms with van der Waals surface area (Å²) < 4.78 is 0. The van der Waals surface area contributed by atoms with Gasteiger partial charge in [-0.15, -0.1) is 0 Å². The Kier molecular flexibility index (Phi) is 9.09. The van der Waals surface area contributed by atoms with Crippen molar-refractivity contribution in [2.24, 2.45) is 5.92 Å². The molecule has 0 bridgehead atoms. The normalized spacial score (nSPS) is 13.2. The molecule has 0 rings (SSSR count). The maximum Gasteiger partial charge on any atom is -0.0389 e. The lowest BCUT2D eigenvalue weighted by molar-refractivity contribution is 0.455. The monoisotopic (exact) mass is 169 g/mol. The lowest BCUT2D eigenvalue weighted by Crippen LogP contribution is -1.94. The molecule has 0 aliphatic heterocycles. The standard InChI is InChI=1S/C12H25/c1-4-6-8-9-11-12(3)10-7-5-2/h6,12H,4-5,7-11H2,1-3H3. The van der Waals surface area contributed by atoms with Gasteiger partial charge in [-0.2, -0.15) is 0 Å². The highest BCUT2D eigenvalue weighted by molar-refractivity contribution is 4.62. The van der Waals surface area contributed by atoms with Crippen LogP contribution in [-0.4, -0.2) is 0 Å². The minimum atomic E-state index is 0.954. The van der Waals surface area contributed by atoms with Gasteiger partial charge in [0.15, 0.2) is 0 Å². The van der Waals surface area contributed by atoms with Crippen LogP contribution in [0.5, 0.6) is 0 Å². The van der Waals surface area contributed by atoms with E-state index in [0.29, 0.717) is 0 Å². The van der Waals surface area contributed by atoms with Crippen molar-refractivity contribution < 1.29 is 0 Å². The Morgan fingerprint density at radius 3 is 2.33 bits per heavy atom. The highest BCUT2D eigenvalue weighted by atomic mass is 14.1. The lowest BCUT2D eigenvalue weighted by Gasteiger charge is -2.09. The fourth-order valence-corrected chi connectivity index (χ4v) is 1.51. The van der Waals surface area contributed by atoms with E-state index in [1.165, 1.54) is 44.9 Å². The summed E-state index contributed by atoms with van der Waals surface area (Å²) in [5.41, 5.74) is 0. The summed E-state index contributed by atoms with van der Waals surface area (Å²) in [5.74, 6) is 0.954. The summed E-state index contributed by atoms with van der Waals surface area (Å²) in [5, 5.41) is 0. The summed E-state index contributed by atoms with van der Waals surface area (Å²) in [6.07, 6.45) is 12.0. The number of hydrogen-bond donors (Lipinski definition) is 0. The first-order valence-corrected chi connectivity index (χ1v) is 5.62. The first-order valence-electron chi connectivity index (χ1n) is 5.62. The van der Waals surface area contributed by atoms with Crippen molar-refractivity contribution in [3.05, 3.63) is 6.42 Å². The van der Waals surface area contributed by atoms with E-state index in [-0.39, 0.29) is 0 Å². The molecule has 0 aliphatic carbocycles. The van der Waals surface area contributed by atoms with Gasteiger partial charge in [-0.25, -0.2) is 0 Å². The predicted molar refractivity (Wildman–Crippen MR) is 57.1 cm³/mol. The molecule has 0 spiro atoms. The number of hydrogen-bond acceptors (Lipinski definition) is 0. The van der Waals surface area contributed by atoms with Crippen LogP contribution < -0.4 is 0 Å². The van der Waals surface area contributed by atoms with Gasteiger partial charge >= 0.3 is 0 Å². The lowest BCUT2D eigenvalue weighted by atomic mass is 9.97. The molecule has 0 saturated heterocycles. The molecule has 12 heavy (non-hydrogen) atoms. The number of unbranched alkanes of at least 4 members (excludes halogenated alkanes) is 4. The fraction of sp³-hybridized carbons (Fsp3) is 0.917. The molecule has 0 aliphatic rings. The van der Waals surface area contributed by atoms with E-state index in [1.54, 1.807) is 0 Å². The molecular weight excluding hydrogens is 144 g/mol. The van der Waals surface area contributed by atoms with Crippen LogP contribution in [0.3, 0.4) is 0 Å². The van der Waals surface area contributed by atoms with Crippen molar-refractivity contribution in [1.82, 2.24) is 0 Å². The molecule has 0 heterocycles. The zero-order valence-electron chi connectivity index (χ0n) is 9.10. The summed E-state index contributed by atoms with van der Waals surface area (Å²) >= 11 is 0. The largest absolute Gasteiger partial charge is 0.0654 e. The molecule has 0 aromatic carbocycles. The van der Waals surface area contributed by atoms with Crippen molar-refractivity contribution in [3.8, 4) is 0 Å². The Bertz CT molecular complexity index is 76.1. The summed E-state index contributed by atoms with van der Waals surface area (Å²) in [7, 11) is 0. The van der Waals surface area contributed by atoms with Gasteiger partial charge in [0.05, 0.1) is 0 Å². The van der Waals surface area contributed by atoms with Crippen LogP contribution in [0.25, 0.3) is 0 Å². The van der Waals surface area contributed by atoms with Crippen molar-refractivity contribution in [1.29, 1.82) is 0 Å². The van der Waals surface area contributed by atoms with Gasteiger partial charge in [-0.05, 0) is 12.3 Å². The van der Waals surface area contributed by atoms with Gasteiger partial charge in [0.25, 0.3) is 0 Å². The molecule has 1 radical (unpaired) electrons. The zero-order valence-corrected chi connectivity index (χ0v) is 9.10. The minimum absolute atomic E-state index is 0.954. The Labute approximate surface area is 78.8 Å². The first kappa shape index (κ1) is 12.0. The average Bonchev–Trinajstić information content (AvgIpc) is 2.09. The third kappa shape index (κ3) is 8.10. The second-order valence-electron chi connectivity index (χ2n) is 3.88. The van der Waals surface area contributed by atoms with Crippen LogP contribution in [0, 0.1) is 12.3 Å². The van der Waals surface area contributed by atoms with Crippen molar-refractivity contribution in [3.63, 3.8) is 0 Å². The van der Waals surface area contributed by atoms with Gasteiger partial charge in [0, 0.05) is 0 Å². The molecule has 0 N–H and O–H groups in total. The molecule has 0 aromatic rings. The van der Waals surface area contributed by atoms with Gasteiger partial charge < -0.3 is 0 Å². The Morgan fingerprint density at radius 1 is 1.08 bits per heavy atom. The Balaban J connectivity index is 3.02. The van der Waals surface area contributed by atoms with Gasteiger partial charge in [0.1, 0.15) is 0 Å². The van der Waals surface area contributed by atoms with Crippen LogP contribution in [-0.2, 0) is 0 Å². The highest BCUT2D eigenvalue weighted by Gasteiger charge is 2.00. The molecule has 0 heteroatoms. The summed E-state index contributed by atoms with van der Waals surface area (Å²) in [6.45, 7) is 6.89. The molecule has 0 nitrogen and oxygen atoms in total. The smallest absolute Gasteiger partial charge is 0.0389 e. The molecule has 0 saturated carbocycles. The number of rotatable bonds is 8. The Hall–Kier alpha value is 0. The van der Waals surface area contributed by atoms with Crippen LogP contribution in [0.1, 0.15) is 65.7 Å². The molecule has 73 valence electrons. The quantitative estimate of drug-likeness (QED) is 0.466. The van der Waals surface area contributed by atoms with E-state index in [4.69, 9.17) is 0 Å². The van der Waals surface area contributed by atoms with Gasteiger partial charge in [0.2, 0.25) is 0 Å². The maximum atomic E-state index is 2.40. The summed E-state index contributed by atoms with van der Waals surface area (Å²) in [4.78, 5) is 0. The van der Waals surface area contributed by atoms with Gasteiger partial charge in [-0.3, -0.25) is 0 Å². The third-order valence-corrected chi connectivity index (χ3v) is 2.44. The second-order valence-corrected chi connectivity index (χ2v) is 3.88. The van der Waals surface area contributed by atoms with E-state index in [2.05, 4.69) is 27.2 Å². The SMILES string of the molecule is CC[CH]CCCC(C)CCCC. The summed E-state index contributed by atoms with van der Waals surface area (Å²) in [6, 6.07) is 0. The fourth-order valence-electron chi connectivity index (χ4n) is 1.51. The Morgan fingerprint density at radius 2 is 1.75 bits per heavy atom. The molecule has 1 unspecified atom stereocenters. The zero-order chi connectivity index (χ0) is 9.23. The van der Waals surface area contributed by atoms with E-state index in [9.17, 15) is 0 Å². The maximum absolute atomic E-state index is 2.40. The van der Waals surface area contributed by atoms with E-state index < -0.39 is 0 Å². The molecule has 0 fully saturated rings. The molecule has 1 atom stereocenters. The predicted octanol–water partition coefficient (Wildman–Crippen LogP) is 4.60.